The van der Waals surface area contributed by atoms with Crippen LogP contribution >= 0.6 is 11.8 Å². The lowest BCUT2D eigenvalue weighted by atomic mass is 9.94. The minimum absolute atomic E-state index is 0.0473. The molecule has 2 heterocycles. The second-order valence-electron chi connectivity index (χ2n) is 5.48. The smallest absolute Gasteiger partial charge is 0.131 e. The van der Waals surface area contributed by atoms with Crippen LogP contribution in [0.3, 0.4) is 0 Å². The number of nitrogens with two attached hydrogens (primary N) is 1. The molecule has 0 fully saturated rings. The molecule has 0 saturated heterocycles. The number of nitrogen functional groups attached to an aromatic ring is 1. The number of aromatic hydroxyl groups is 2. The highest BCUT2D eigenvalue weighted by molar-refractivity contribution is 7.99. The standard InChI is InChI=1S/C17H16N4O3S/c18-7-12-14(9-4-10(23)6-11(24)5-9)15(13-8-20-13)16(19)21-17(12)25-3-1-2-22/h4-6,8,13,22-24H,1-3H2,(H2,19,21). The van der Waals surface area contributed by atoms with Crippen LogP contribution in [-0.4, -0.2) is 38.9 Å². The van der Waals surface area contributed by atoms with Crippen LogP contribution < -0.4 is 5.73 Å². The number of aliphatic imine (C=N–C) groups is 1. The van der Waals surface area contributed by atoms with Crippen molar-refractivity contribution in [2.24, 2.45) is 4.99 Å². The topological polar surface area (TPSA) is 136 Å². The quantitative estimate of drug-likeness (QED) is 0.460. The van der Waals surface area contributed by atoms with Crippen LogP contribution in [0, 0.1) is 11.3 Å². The van der Waals surface area contributed by atoms with Crippen LogP contribution in [0.2, 0.25) is 0 Å². The average molecular weight is 356 g/mol. The largest absolute Gasteiger partial charge is 0.508 e. The van der Waals surface area contributed by atoms with Crippen LogP contribution in [0.5, 0.6) is 11.5 Å². The van der Waals surface area contributed by atoms with Gasteiger partial charge in [-0.1, -0.05) is 0 Å². The first-order valence-electron chi connectivity index (χ1n) is 7.59. The Balaban J connectivity index is 2.20. The summed E-state index contributed by atoms with van der Waals surface area (Å²) < 4.78 is 0. The third-order valence-corrected chi connectivity index (χ3v) is 4.73. The van der Waals surface area contributed by atoms with Crippen molar-refractivity contribution in [3.05, 3.63) is 29.3 Å². The molecule has 1 aromatic carbocycles. The molecule has 7 nitrogen and oxygen atoms in total. The van der Waals surface area contributed by atoms with Crippen molar-refractivity contribution in [2.75, 3.05) is 18.1 Å². The molecule has 0 aliphatic carbocycles. The zero-order valence-corrected chi connectivity index (χ0v) is 14.0. The molecule has 0 amide bonds. The summed E-state index contributed by atoms with van der Waals surface area (Å²) in [6.07, 6.45) is 2.26. The van der Waals surface area contributed by atoms with E-state index in [1.165, 1.54) is 30.0 Å². The number of aromatic nitrogens is 1. The van der Waals surface area contributed by atoms with Gasteiger partial charge >= 0.3 is 0 Å². The number of anilines is 1. The number of aliphatic hydroxyl groups excluding tert-OH is 1. The Kier molecular flexibility index (Phi) is 4.79. The Morgan fingerprint density at radius 1 is 1.24 bits per heavy atom. The van der Waals surface area contributed by atoms with Gasteiger partial charge < -0.3 is 21.1 Å². The summed E-state index contributed by atoms with van der Waals surface area (Å²) in [5, 5.41) is 38.8. The molecule has 3 rings (SSSR count). The maximum Gasteiger partial charge on any atom is 0.131 e. The van der Waals surface area contributed by atoms with Crippen LogP contribution in [0.4, 0.5) is 5.82 Å². The lowest BCUT2D eigenvalue weighted by Gasteiger charge is -2.16. The third kappa shape index (κ3) is 3.52. The van der Waals surface area contributed by atoms with Crippen molar-refractivity contribution >= 4 is 23.8 Å². The summed E-state index contributed by atoms with van der Waals surface area (Å²) >= 11 is 1.33. The monoisotopic (exact) mass is 356 g/mol. The summed E-state index contributed by atoms with van der Waals surface area (Å²) in [4.78, 5) is 8.47. The highest BCUT2D eigenvalue weighted by atomic mass is 32.2. The molecule has 0 saturated carbocycles. The third-order valence-electron chi connectivity index (χ3n) is 3.67. The summed E-state index contributed by atoms with van der Waals surface area (Å²) in [7, 11) is 0. The minimum atomic E-state index is -0.254. The van der Waals surface area contributed by atoms with Gasteiger partial charge in [0.1, 0.15) is 34.5 Å². The first kappa shape index (κ1) is 17.1. The van der Waals surface area contributed by atoms with Gasteiger partial charge in [-0.15, -0.1) is 11.8 Å². The molecular formula is C17H16N4O3S. The fourth-order valence-corrected chi connectivity index (χ4v) is 3.49. The first-order chi connectivity index (χ1) is 12.0. The summed E-state index contributed by atoms with van der Waals surface area (Å²) in [5.41, 5.74) is 8.00. The van der Waals surface area contributed by atoms with Gasteiger partial charge in [-0.3, -0.25) is 4.99 Å². The van der Waals surface area contributed by atoms with E-state index in [2.05, 4.69) is 16.0 Å². The number of hydrogen-bond acceptors (Lipinski definition) is 8. The number of thioether (sulfide) groups is 1. The highest BCUT2D eigenvalue weighted by Crippen LogP contribution is 2.43. The molecule has 1 atom stereocenters. The van der Waals surface area contributed by atoms with E-state index in [0.29, 0.717) is 39.5 Å². The molecule has 2 aromatic rings. The Labute approximate surface area is 148 Å². The van der Waals surface area contributed by atoms with Gasteiger partial charge in [0.05, 0.1) is 5.56 Å². The molecule has 1 unspecified atom stereocenters. The molecule has 1 aliphatic rings. The van der Waals surface area contributed by atoms with Gasteiger partial charge in [-0.25, -0.2) is 4.98 Å². The van der Waals surface area contributed by atoms with Gasteiger partial charge in [0.25, 0.3) is 0 Å². The van der Waals surface area contributed by atoms with Crippen molar-refractivity contribution in [1.29, 1.82) is 5.26 Å². The number of phenols is 2. The summed E-state index contributed by atoms with van der Waals surface area (Å²) in [5.74, 6) is 0.602. The lowest BCUT2D eigenvalue weighted by molar-refractivity contribution is 0.296. The van der Waals surface area contributed by atoms with E-state index >= 15 is 0 Å². The molecule has 0 bridgehead atoms. The van der Waals surface area contributed by atoms with Crippen LogP contribution in [-0.2, 0) is 0 Å². The predicted molar refractivity (Wildman–Crippen MR) is 95.8 cm³/mol. The van der Waals surface area contributed by atoms with Crippen LogP contribution in [0.15, 0.2) is 28.2 Å². The number of phenolic OH excluding ortho intramolecular Hbond substituents is 2. The fourth-order valence-electron chi connectivity index (χ4n) is 2.57. The molecule has 8 heteroatoms. The molecular weight excluding hydrogens is 340 g/mol. The van der Waals surface area contributed by atoms with Crippen LogP contribution in [0.1, 0.15) is 23.6 Å². The average Bonchev–Trinajstić information content (AvgIpc) is 3.38. The van der Waals surface area contributed by atoms with Crippen molar-refractivity contribution in [1.82, 2.24) is 4.98 Å². The maximum atomic E-state index is 9.82. The van der Waals surface area contributed by atoms with Crippen molar-refractivity contribution in [3.63, 3.8) is 0 Å². The van der Waals surface area contributed by atoms with Gasteiger partial charge in [0, 0.05) is 35.8 Å². The predicted octanol–water partition coefficient (Wildman–Crippen LogP) is 2.21. The number of rotatable bonds is 6. The van der Waals surface area contributed by atoms with Gasteiger partial charge in [-0.05, 0) is 24.1 Å². The zero-order valence-electron chi connectivity index (χ0n) is 13.2. The van der Waals surface area contributed by atoms with Gasteiger partial charge in [0.15, 0.2) is 0 Å². The number of aliphatic hydroxyl groups is 1. The SMILES string of the molecule is N#Cc1c(SCCCO)nc(N)c(C2C=N2)c1-c1cc(O)cc(O)c1. The molecule has 1 aliphatic heterocycles. The Morgan fingerprint density at radius 3 is 2.48 bits per heavy atom. The number of pyridine rings is 1. The van der Waals surface area contributed by atoms with Crippen LogP contribution in [0.25, 0.3) is 11.1 Å². The number of benzene rings is 1. The minimum Gasteiger partial charge on any atom is -0.508 e. The number of hydrogen-bond donors (Lipinski definition) is 4. The molecule has 128 valence electrons. The molecule has 1 aromatic heterocycles. The zero-order chi connectivity index (χ0) is 18.0. The van der Waals surface area contributed by atoms with E-state index in [1.807, 2.05) is 0 Å². The Morgan fingerprint density at radius 2 is 1.92 bits per heavy atom. The lowest BCUT2D eigenvalue weighted by Crippen LogP contribution is -2.06. The Bertz CT molecular complexity index is 866. The number of nitriles is 1. The molecule has 25 heavy (non-hydrogen) atoms. The molecule has 0 radical (unpaired) electrons. The van der Waals surface area contributed by atoms with E-state index in [0.717, 1.165) is 0 Å². The summed E-state index contributed by atoms with van der Waals surface area (Å²) in [6.45, 7) is 0.0473. The molecule has 0 spiro atoms. The van der Waals surface area contributed by atoms with E-state index in [1.54, 1.807) is 6.21 Å². The van der Waals surface area contributed by atoms with E-state index < -0.39 is 0 Å². The maximum absolute atomic E-state index is 9.82. The van der Waals surface area contributed by atoms with E-state index in [-0.39, 0.29) is 30.0 Å². The normalized spacial score (nSPS) is 15.1. The molecule has 5 N–H and O–H groups in total. The van der Waals surface area contributed by atoms with Gasteiger partial charge in [-0.2, -0.15) is 5.26 Å². The second kappa shape index (κ2) is 7.01. The number of nitrogens with zero attached hydrogens (tertiary/aromatic N) is 3. The van der Waals surface area contributed by atoms with Crippen molar-refractivity contribution in [3.8, 4) is 28.7 Å². The van der Waals surface area contributed by atoms with Crippen molar-refractivity contribution < 1.29 is 15.3 Å². The highest BCUT2D eigenvalue weighted by Gasteiger charge is 2.29. The second-order valence-corrected chi connectivity index (χ2v) is 6.57. The summed E-state index contributed by atoms with van der Waals surface area (Å²) in [6, 6.07) is 6.04. The van der Waals surface area contributed by atoms with Gasteiger partial charge in [0.2, 0.25) is 0 Å². The van der Waals surface area contributed by atoms with Crippen molar-refractivity contribution in [2.45, 2.75) is 17.5 Å². The first-order valence-corrected chi connectivity index (χ1v) is 8.57. The Hall–Kier alpha value is -2.76. The van der Waals surface area contributed by atoms with E-state index in [9.17, 15) is 15.5 Å². The fraction of sp³-hybridized carbons (Fsp3) is 0.235. The van der Waals surface area contributed by atoms with E-state index in [4.69, 9.17) is 10.8 Å².